The number of carbonyl (C=O) groups is 1. The van der Waals surface area contributed by atoms with Crippen molar-refractivity contribution in [1.82, 2.24) is 10.2 Å². The molecule has 1 heterocycles. The van der Waals surface area contributed by atoms with Crippen molar-refractivity contribution in [2.75, 3.05) is 23.5 Å². The summed E-state index contributed by atoms with van der Waals surface area (Å²) in [5.41, 5.74) is 2.71. The first kappa shape index (κ1) is 19.7. The van der Waals surface area contributed by atoms with Crippen LogP contribution in [0.25, 0.3) is 0 Å². The first-order valence-electron chi connectivity index (χ1n) is 7.97. The SMILES string of the molecule is COc1ccc(Nc2nnc(SCC(=O)Nc3ccc(Br)cc3C)s2)cc1. The van der Waals surface area contributed by atoms with E-state index in [4.69, 9.17) is 4.74 Å². The van der Waals surface area contributed by atoms with Gasteiger partial charge in [-0.2, -0.15) is 0 Å². The molecule has 0 fully saturated rings. The standard InChI is InChI=1S/C18H17BrN4O2S2/c1-11-9-12(19)3-8-15(11)21-16(24)10-26-18-23-22-17(27-18)20-13-4-6-14(25-2)7-5-13/h3-9H,10H2,1-2H3,(H,20,22)(H,21,24). The quantitative estimate of drug-likeness (QED) is 0.474. The molecule has 6 nitrogen and oxygen atoms in total. The van der Waals surface area contributed by atoms with Gasteiger partial charge in [0, 0.05) is 15.8 Å². The van der Waals surface area contributed by atoms with Gasteiger partial charge in [0.25, 0.3) is 0 Å². The lowest BCUT2D eigenvalue weighted by molar-refractivity contribution is -0.113. The molecule has 0 aliphatic heterocycles. The molecular formula is C18H17BrN4O2S2. The molecular weight excluding hydrogens is 448 g/mol. The predicted molar refractivity (Wildman–Crippen MR) is 114 cm³/mol. The monoisotopic (exact) mass is 464 g/mol. The third kappa shape index (κ3) is 5.69. The molecule has 0 radical (unpaired) electrons. The molecule has 0 atom stereocenters. The normalized spacial score (nSPS) is 10.5. The summed E-state index contributed by atoms with van der Waals surface area (Å²) < 4.78 is 6.85. The fourth-order valence-electron chi connectivity index (χ4n) is 2.20. The number of benzene rings is 2. The highest BCUT2D eigenvalue weighted by Gasteiger charge is 2.10. The summed E-state index contributed by atoms with van der Waals surface area (Å²) in [5, 5.41) is 15.0. The Labute approximate surface area is 173 Å². The van der Waals surface area contributed by atoms with Gasteiger partial charge in [-0.15, -0.1) is 10.2 Å². The van der Waals surface area contributed by atoms with E-state index in [-0.39, 0.29) is 11.7 Å². The summed E-state index contributed by atoms with van der Waals surface area (Å²) in [6.45, 7) is 1.95. The number of halogens is 1. The van der Waals surface area contributed by atoms with Gasteiger partial charge in [-0.05, 0) is 55.0 Å². The zero-order valence-electron chi connectivity index (χ0n) is 14.7. The summed E-state index contributed by atoms with van der Waals surface area (Å²) in [6.07, 6.45) is 0. The molecule has 0 saturated carbocycles. The largest absolute Gasteiger partial charge is 0.497 e. The summed E-state index contributed by atoms with van der Waals surface area (Å²) in [6, 6.07) is 13.3. The number of hydrogen-bond donors (Lipinski definition) is 2. The number of aryl methyl sites for hydroxylation is 1. The molecule has 1 amide bonds. The minimum Gasteiger partial charge on any atom is -0.497 e. The van der Waals surface area contributed by atoms with Crippen LogP contribution in [0, 0.1) is 6.92 Å². The van der Waals surface area contributed by atoms with E-state index in [1.165, 1.54) is 23.1 Å². The number of thioether (sulfide) groups is 1. The third-order valence-electron chi connectivity index (χ3n) is 3.54. The van der Waals surface area contributed by atoms with Crippen molar-refractivity contribution in [3.63, 3.8) is 0 Å². The smallest absolute Gasteiger partial charge is 0.234 e. The Morgan fingerprint density at radius 1 is 1.22 bits per heavy atom. The van der Waals surface area contributed by atoms with Crippen LogP contribution in [0.15, 0.2) is 51.3 Å². The summed E-state index contributed by atoms with van der Waals surface area (Å²) in [7, 11) is 1.63. The molecule has 27 heavy (non-hydrogen) atoms. The van der Waals surface area contributed by atoms with Crippen molar-refractivity contribution >= 4 is 61.4 Å². The van der Waals surface area contributed by atoms with Crippen molar-refractivity contribution in [3.8, 4) is 5.75 Å². The molecule has 9 heteroatoms. The van der Waals surface area contributed by atoms with E-state index in [0.717, 1.165) is 31.5 Å². The lowest BCUT2D eigenvalue weighted by atomic mass is 10.2. The minimum absolute atomic E-state index is 0.0784. The number of rotatable bonds is 7. The maximum absolute atomic E-state index is 12.2. The molecule has 0 aliphatic rings. The highest BCUT2D eigenvalue weighted by molar-refractivity contribution is 9.10. The van der Waals surface area contributed by atoms with E-state index in [9.17, 15) is 4.79 Å². The number of aromatic nitrogens is 2. The minimum atomic E-state index is -0.0784. The Morgan fingerprint density at radius 3 is 2.70 bits per heavy atom. The van der Waals surface area contributed by atoms with E-state index < -0.39 is 0 Å². The van der Waals surface area contributed by atoms with Crippen LogP contribution in [0.1, 0.15) is 5.56 Å². The first-order valence-corrected chi connectivity index (χ1v) is 10.6. The number of carbonyl (C=O) groups excluding carboxylic acids is 1. The van der Waals surface area contributed by atoms with Crippen LogP contribution in [-0.2, 0) is 4.79 Å². The van der Waals surface area contributed by atoms with Gasteiger partial charge >= 0.3 is 0 Å². The molecule has 0 aliphatic carbocycles. The number of anilines is 3. The third-order valence-corrected chi connectivity index (χ3v) is 6.00. The molecule has 3 rings (SSSR count). The van der Waals surface area contributed by atoms with Crippen molar-refractivity contribution in [2.45, 2.75) is 11.3 Å². The molecule has 0 unspecified atom stereocenters. The zero-order chi connectivity index (χ0) is 19.2. The average molecular weight is 465 g/mol. The second-order valence-corrected chi connectivity index (χ2v) is 8.64. The van der Waals surface area contributed by atoms with Crippen molar-refractivity contribution in [2.24, 2.45) is 0 Å². The fourth-order valence-corrected chi connectivity index (χ4v) is 4.25. The molecule has 0 bridgehead atoms. The molecule has 1 aromatic heterocycles. The number of methoxy groups -OCH3 is 1. The van der Waals surface area contributed by atoms with Crippen molar-refractivity contribution in [3.05, 3.63) is 52.5 Å². The number of hydrogen-bond acceptors (Lipinski definition) is 7. The van der Waals surface area contributed by atoms with Crippen LogP contribution >= 0.6 is 39.0 Å². The van der Waals surface area contributed by atoms with Gasteiger partial charge in [0.2, 0.25) is 11.0 Å². The number of nitrogens with zero attached hydrogens (tertiary/aromatic N) is 2. The van der Waals surface area contributed by atoms with E-state index >= 15 is 0 Å². The highest BCUT2D eigenvalue weighted by atomic mass is 79.9. The van der Waals surface area contributed by atoms with Crippen LogP contribution in [0.2, 0.25) is 0 Å². The molecule has 0 saturated heterocycles. The van der Waals surface area contributed by atoms with Gasteiger partial charge in [-0.25, -0.2) is 0 Å². The molecule has 2 aromatic carbocycles. The summed E-state index contributed by atoms with van der Waals surface area (Å²) in [5.74, 6) is 0.985. The van der Waals surface area contributed by atoms with Gasteiger partial charge in [0.1, 0.15) is 5.75 Å². The maximum atomic E-state index is 12.2. The highest BCUT2D eigenvalue weighted by Crippen LogP contribution is 2.28. The van der Waals surface area contributed by atoms with Crippen LogP contribution in [0.4, 0.5) is 16.5 Å². The average Bonchev–Trinajstić information content (AvgIpc) is 3.10. The number of amides is 1. The summed E-state index contributed by atoms with van der Waals surface area (Å²) in [4.78, 5) is 12.2. The Kier molecular flexibility index (Phi) is 6.70. The molecule has 2 N–H and O–H groups in total. The van der Waals surface area contributed by atoms with E-state index in [1.807, 2.05) is 49.4 Å². The fraction of sp³-hybridized carbons (Fsp3) is 0.167. The van der Waals surface area contributed by atoms with Crippen LogP contribution in [-0.4, -0.2) is 29.0 Å². The lowest BCUT2D eigenvalue weighted by Crippen LogP contribution is -2.14. The molecule has 0 spiro atoms. The second-order valence-electron chi connectivity index (χ2n) is 5.52. The van der Waals surface area contributed by atoms with Crippen molar-refractivity contribution < 1.29 is 9.53 Å². The van der Waals surface area contributed by atoms with Gasteiger partial charge in [0.05, 0.1) is 12.9 Å². The van der Waals surface area contributed by atoms with Gasteiger partial charge < -0.3 is 15.4 Å². The zero-order valence-corrected chi connectivity index (χ0v) is 17.9. The van der Waals surface area contributed by atoms with Gasteiger partial charge in [-0.3, -0.25) is 4.79 Å². The topological polar surface area (TPSA) is 76.1 Å². The molecule has 3 aromatic rings. The van der Waals surface area contributed by atoms with Crippen LogP contribution in [0.5, 0.6) is 5.75 Å². The van der Waals surface area contributed by atoms with E-state index in [1.54, 1.807) is 7.11 Å². The molecule has 140 valence electrons. The van der Waals surface area contributed by atoms with Gasteiger partial charge in [0.15, 0.2) is 4.34 Å². The Hall–Kier alpha value is -2.10. The number of ether oxygens (including phenoxy) is 1. The van der Waals surface area contributed by atoms with E-state index in [0.29, 0.717) is 5.13 Å². The Bertz CT molecular complexity index is 931. The first-order chi connectivity index (χ1) is 13.0. The Balaban J connectivity index is 1.52. The van der Waals surface area contributed by atoms with Crippen LogP contribution < -0.4 is 15.4 Å². The predicted octanol–water partition coefficient (Wildman–Crippen LogP) is 5.09. The van der Waals surface area contributed by atoms with E-state index in [2.05, 4.69) is 36.8 Å². The lowest BCUT2D eigenvalue weighted by Gasteiger charge is -2.07. The summed E-state index contributed by atoms with van der Waals surface area (Å²) >= 11 is 6.18. The maximum Gasteiger partial charge on any atom is 0.234 e. The Morgan fingerprint density at radius 2 is 2.00 bits per heavy atom. The van der Waals surface area contributed by atoms with Crippen molar-refractivity contribution in [1.29, 1.82) is 0 Å². The second kappa shape index (κ2) is 9.20. The number of nitrogens with one attached hydrogen (secondary N) is 2. The van der Waals surface area contributed by atoms with Crippen LogP contribution in [0.3, 0.4) is 0 Å². The van der Waals surface area contributed by atoms with Gasteiger partial charge in [-0.1, -0.05) is 39.0 Å².